The maximum absolute atomic E-state index is 15.0. The summed E-state index contributed by atoms with van der Waals surface area (Å²) in [6.45, 7) is 6.32. The largest absolute Gasteiger partial charge is 0.394 e. The number of benzene rings is 2. The molecule has 1 unspecified atom stereocenters. The molecule has 15 N–H and O–H groups in total. The standard InChI is InChI=1S/C61H82N14O17S2/c1-7-29(4)50-56(88)64-23-46(81)67-40-27-94-59-36(35-10-8-9-11-37(35)70-59)19-38(53(85)63-24-47(82)72-50)68-58(90)51(30(5)42(78)26-76)73-55(87)41-18-34(77)25-75(41)60(91)39(69-54(40)86)20-45(80)62-22-32-12-14-33(15-13-32)66-52(84)31(6)65-57(89)49(28(2)3)71-44(79)16-17-74-48(83)21-43(93)61(74)92/h8-15,28-31,34,38-43,49-51,70,76-78,93H,7,16-27H2,1-6H3,(H,62,80)(H,63,85)(H,64,88)(H,65,89)(H,66,84)(H,67,81)(H,68,90)(H,69,86)(H,71,79)(H,72,82)(H,73,87)/t29-,30-,31-,34+,38-,39-,40-,41+,42-,43?,49-,50-,51-/m0/s1. The molecule has 4 aliphatic rings. The van der Waals surface area contributed by atoms with Gasteiger partial charge in [-0.15, -0.1) is 11.8 Å². The summed E-state index contributed by atoms with van der Waals surface area (Å²) in [7, 11) is 0. The van der Waals surface area contributed by atoms with Crippen molar-refractivity contribution in [3.8, 4) is 0 Å². The van der Waals surface area contributed by atoms with Gasteiger partial charge >= 0.3 is 0 Å². The zero-order valence-corrected chi connectivity index (χ0v) is 54.4. The minimum Gasteiger partial charge on any atom is -0.394 e. The molecular formula is C61H82N14O17S2. The van der Waals surface area contributed by atoms with Crippen LogP contribution in [-0.2, 0) is 80.1 Å². The van der Waals surface area contributed by atoms with Crippen LogP contribution < -0.4 is 58.5 Å². The van der Waals surface area contributed by atoms with Gasteiger partial charge in [-0.05, 0) is 48.1 Å². The van der Waals surface area contributed by atoms with Gasteiger partial charge in [-0.2, -0.15) is 12.6 Å². The number of fused-ring (bicyclic) bond motifs is 5. The molecule has 13 atom stereocenters. The Hall–Kier alpha value is -8.66. The SMILES string of the molecule is CC[C@H](C)[C@@H]1NC(=O)CNC(=O)[C@@H]2Cc3c([nH]c4ccccc34)SC[C@H](NC(=O)CNC1=O)C(=O)N[C@@H](CC(=O)NCc1ccc(NC(=O)[C@H](C)NC(=O)[C@@H](NC(=O)CCN3C(=O)CC(S)C3=O)C(C)C)cc1)C(=O)N1C[C@H](O)C[C@@H]1C(=O)N[C@@H]([C@@H](C)[C@@H](O)CO)C(=O)N2. The number of aromatic nitrogens is 1. The van der Waals surface area contributed by atoms with E-state index in [2.05, 4.69) is 76.1 Å². The number of nitrogens with one attached hydrogen (secondary N) is 12. The predicted molar refractivity (Wildman–Crippen MR) is 341 cm³/mol. The van der Waals surface area contributed by atoms with Gasteiger partial charge in [0.1, 0.15) is 48.3 Å². The highest BCUT2D eigenvalue weighted by Crippen LogP contribution is 2.32. The van der Waals surface area contributed by atoms with Crippen LogP contribution >= 0.6 is 24.4 Å². The molecule has 0 aliphatic carbocycles. The second-order valence-corrected chi connectivity index (χ2v) is 25.8. The van der Waals surface area contributed by atoms with Crippen LogP contribution in [0.15, 0.2) is 53.6 Å². The van der Waals surface area contributed by atoms with Gasteiger partial charge in [-0.3, -0.25) is 72.0 Å². The molecular weight excluding hydrogens is 1260 g/mol. The quantitative estimate of drug-likeness (QED) is 0.0429. The minimum absolute atomic E-state index is 0.0822. The Morgan fingerprint density at radius 1 is 0.734 bits per heavy atom. The smallest absolute Gasteiger partial charge is 0.246 e. The molecule has 7 rings (SSSR count). The van der Waals surface area contributed by atoms with E-state index in [1.807, 2.05) is 0 Å². The monoisotopic (exact) mass is 1350 g/mol. The average molecular weight is 1350 g/mol. The number of imide groups is 1. The van der Waals surface area contributed by atoms with Crippen molar-refractivity contribution in [2.24, 2.45) is 17.8 Å². The molecule has 2 fully saturated rings. The lowest BCUT2D eigenvalue weighted by molar-refractivity contribution is -0.144. The van der Waals surface area contributed by atoms with Gasteiger partial charge in [0.2, 0.25) is 82.7 Å². The fraction of sp³-hybridized carbons (Fsp3) is 0.541. The van der Waals surface area contributed by atoms with Crippen molar-refractivity contribution in [1.29, 1.82) is 0 Å². The summed E-state index contributed by atoms with van der Waals surface area (Å²) in [6.07, 6.45) is -4.57. The van der Waals surface area contributed by atoms with E-state index in [1.54, 1.807) is 64.1 Å². The van der Waals surface area contributed by atoms with E-state index in [1.165, 1.54) is 26.0 Å². The number of nitrogens with zero attached hydrogens (tertiary/aromatic N) is 2. The van der Waals surface area contributed by atoms with E-state index in [4.69, 9.17) is 0 Å². The first-order valence-corrected chi connectivity index (χ1v) is 32.4. The van der Waals surface area contributed by atoms with Gasteiger partial charge < -0.3 is 83.7 Å². The third-order valence-electron chi connectivity index (χ3n) is 16.8. The van der Waals surface area contributed by atoms with Gasteiger partial charge in [-0.1, -0.05) is 71.4 Å². The summed E-state index contributed by atoms with van der Waals surface area (Å²) < 4.78 is 0. The Balaban J connectivity index is 1.13. The molecule has 3 aromatic rings. The number of thioether (sulfide) groups is 1. The molecule has 0 saturated carbocycles. The number of aliphatic hydroxyl groups is 3. The molecule has 31 nitrogen and oxygen atoms in total. The van der Waals surface area contributed by atoms with Crippen LogP contribution in [0.25, 0.3) is 10.9 Å². The van der Waals surface area contributed by atoms with Gasteiger partial charge in [0.25, 0.3) is 0 Å². The summed E-state index contributed by atoms with van der Waals surface area (Å²) >= 11 is 5.07. The molecule has 2 bridgehead atoms. The third kappa shape index (κ3) is 18.8. The normalized spacial score (nSPS) is 24.6. The van der Waals surface area contributed by atoms with Crippen LogP contribution in [0.4, 0.5) is 5.69 Å². The van der Waals surface area contributed by atoms with Crippen LogP contribution in [0.5, 0.6) is 0 Å². The predicted octanol–water partition coefficient (Wildman–Crippen LogP) is -3.78. The summed E-state index contributed by atoms with van der Waals surface area (Å²) in [5.74, 6) is -13.9. The molecule has 33 heteroatoms. The van der Waals surface area contributed by atoms with E-state index in [9.17, 15) is 77.6 Å². The van der Waals surface area contributed by atoms with Crippen LogP contribution in [0, 0.1) is 17.8 Å². The van der Waals surface area contributed by atoms with Crippen molar-refractivity contribution < 1.29 is 82.4 Å². The third-order valence-corrected chi connectivity index (χ3v) is 18.3. The maximum Gasteiger partial charge on any atom is 0.246 e. The van der Waals surface area contributed by atoms with Crippen LogP contribution in [0.2, 0.25) is 0 Å². The van der Waals surface area contributed by atoms with Crippen molar-refractivity contribution in [1.82, 2.24) is 68.0 Å². The van der Waals surface area contributed by atoms with E-state index in [-0.39, 0.29) is 43.8 Å². The molecule has 5 heterocycles. The number of hydrogen-bond acceptors (Lipinski definition) is 19. The topological polar surface area (TPSA) is 454 Å². The lowest BCUT2D eigenvalue weighted by atomic mass is 9.93. The number of rotatable bonds is 18. The number of amides is 14. The molecule has 2 saturated heterocycles. The van der Waals surface area contributed by atoms with Gasteiger partial charge in [0, 0.05) is 73.6 Å². The number of H-pyrrole nitrogens is 1. The number of carbonyl (C=O) groups is 14. The van der Waals surface area contributed by atoms with Crippen molar-refractivity contribution in [3.05, 3.63) is 59.7 Å². The highest BCUT2D eigenvalue weighted by Gasteiger charge is 2.45. The number of thiol groups is 1. The van der Waals surface area contributed by atoms with E-state index < -0.39 is 205 Å². The molecule has 1 aromatic heterocycles. The van der Waals surface area contributed by atoms with Crippen LogP contribution in [0.1, 0.15) is 84.8 Å². The summed E-state index contributed by atoms with van der Waals surface area (Å²) in [5, 5.41) is 60.8. The number of para-hydroxylation sites is 1. The number of anilines is 1. The van der Waals surface area contributed by atoms with Crippen molar-refractivity contribution >= 4 is 124 Å². The van der Waals surface area contributed by atoms with Crippen LogP contribution in [-0.4, -0.2) is 217 Å². The molecule has 2 aromatic carbocycles. The summed E-state index contributed by atoms with van der Waals surface area (Å²) in [4.78, 5) is 198. The fourth-order valence-corrected chi connectivity index (χ4v) is 12.4. The van der Waals surface area contributed by atoms with Gasteiger partial charge in [0.15, 0.2) is 0 Å². The Bertz CT molecular complexity index is 3390. The Morgan fingerprint density at radius 3 is 2.07 bits per heavy atom. The van der Waals surface area contributed by atoms with Crippen molar-refractivity contribution in [2.45, 2.75) is 157 Å². The lowest BCUT2D eigenvalue weighted by Gasteiger charge is -2.33. The summed E-state index contributed by atoms with van der Waals surface area (Å²) in [6, 6.07) is 1.17. The van der Waals surface area contributed by atoms with Gasteiger partial charge in [-0.25, -0.2) is 0 Å². The molecule has 94 heavy (non-hydrogen) atoms. The Morgan fingerprint density at radius 2 is 1.41 bits per heavy atom. The maximum atomic E-state index is 15.0. The first-order chi connectivity index (χ1) is 44.6. The van der Waals surface area contributed by atoms with Crippen LogP contribution in [0.3, 0.4) is 0 Å². The Labute approximate surface area is 550 Å². The number of aromatic amines is 1. The number of likely N-dealkylation sites (tertiary alicyclic amines) is 1. The minimum atomic E-state index is -1.84. The highest BCUT2D eigenvalue weighted by atomic mass is 32.2. The van der Waals surface area contributed by atoms with E-state index >= 15 is 4.79 Å². The Kier molecular flexibility index (Phi) is 25.5. The van der Waals surface area contributed by atoms with Crippen molar-refractivity contribution in [2.75, 3.05) is 43.9 Å². The molecule has 510 valence electrons. The molecule has 4 aliphatic heterocycles. The molecule has 14 amide bonds. The number of carbonyl (C=O) groups excluding carboxylic acids is 14. The van der Waals surface area contributed by atoms with Gasteiger partial charge in [0.05, 0.1) is 48.6 Å². The molecule has 0 spiro atoms. The zero-order chi connectivity index (χ0) is 68.8. The van der Waals surface area contributed by atoms with E-state index in [0.29, 0.717) is 33.5 Å². The molecule has 0 radical (unpaired) electrons. The lowest BCUT2D eigenvalue weighted by Crippen LogP contribution is -2.62. The fourth-order valence-electron chi connectivity index (χ4n) is 11.0. The first-order valence-electron chi connectivity index (χ1n) is 30.9. The highest BCUT2D eigenvalue weighted by molar-refractivity contribution is 7.99. The number of aliphatic hydroxyl groups excluding tert-OH is 3. The zero-order valence-electron chi connectivity index (χ0n) is 52.7. The number of hydrogen-bond donors (Lipinski definition) is 16. The van der Waals surface area contributed by atoms with E-state index in [0.717, 1.165) is 21.6 Å². The first kappa shape index (κ1) is 72.8. The second kappa shape index (κ2) is 32.9. The van der Waals surface area contributed by atoms with Crippen molar-refractivity contribution in [3.63, 3.8) is 0 Å². The second-order valence-electron chi connectivity index (χ2n) is 24.1. The average Bonchev–Trinajstić information content (AvgIpc) is 1.64. The summed E-state index contributed by atoms with van der Waals surface area (Å²) in [5.41, 5.74) is 1.68.